The molecule has 0 aromatic heterocycles. The van der Waals surface area contributed by atoms with E-state index in [9.17, 15) is 9.59 Å². The second kappa shape index (κ2) is 18.4. The van der Waals surface area contributed by atoms with E-state index in [-0.39, 0.29) is 49.7 Å². The summed E-state index contributed by atoms with van der Waals surface area (Å²) in [6.45, 7) is 10.6. The maximum atomic E-state index is 10.3. The van der Waals surface area contributed by atoms with Crippen LogP contribution in [0.4, 0.5) is 0 Å². The Morgan fingerprint density at radius 1 is 1.04 bits per heavy atom. The van der Waals surface area contributed by atoms with Gasteiger partial charge in [0.2, 0.25) is 0 Å². The molecule has 0 aromatic rings. The molecule has 0 fully saturated rings. The van der Waals surface area contributed by atoms with Gasteiger partial charge in [-0.2, -0.15) is 0 Å². The molecule has 0 saturated heterocycles. The summed E-state index contributed by atoms with van der Waals surface area (Å²) in [5.41, 5.74) is 0.0584. The molecule has 124 valence electrons. The number of carboxylic acid groups (broad SMARTS) is 4. The fraction of sp³-hybridized carbons (Fsp3) is 0.286. The molecule has 0 radical (unpaired) electrons. The monoisotopic (exact) mass is 354 g/mol. The summed E-state index contributed by atoms with van der Waals surface area (Å²) in [4.78, 5) is 38.8. The van der Waals surface area contributed by atoms with Crippen molar-refractivity contribution in [3.63, 3.8) is 0 Å². The molecule has 0 bridgehead atoms. The molecule has 0 aliphatic heterocycles. The summed E-state index contributed by atoms with van der Waals surface area (Å²) in [6, 6.07) is 0. The van der Waals surface area contributed by atoms with E-state index in [4.69, 9.17) is 30.0 Å². The topological polar surface area (TPSA) is 155 Å². The van der Waals surface area contributed by atoms with Crippen LogP contribution in [0.1, 0.15) is 19.8 Å². The number of rotatable bonds is 7. The van der Waals surface area contributed by atoms with Crippen LogP contribution in [0.3, 0.4) is 0 Å². The average molecular weight is 354 g/mol. The van der Waals surface area contributed by atoms with Gasteiger partial charge in [0.15, 0.2) is 0 Å². The average Bonchev–Trinajstić information content (AvgIpc) is 2.44. The zero-order valence-electron chi connectivity index (χ0n) is 12.8. The van der Waals surface area contributed by atoms with Crippen molar-refractivity contribution < 1.29 is 39.6 Å². The first-order chi connectivity index (χ1) is 9.99. The van der Waals surface area contributed by atoms with Crippen molar-refractivity contribution >= 4 is 61.6 Å². The Bertz CT molecular complexity index is 424. The Morgan fingerprint density at radius 2 is 1.35 bits per heavy atom. The molecule has 0 aliphatic rings. The molecule has 8 nitrogen and oxygen atoms in total. The summed E-state index contributed by atoms with van der Waals surface area (Å²) in [5, 5.41) is 35.1. The second-order valence-corrected chi connectivity index (χ2v) is 3.73. The molecule has 0 rings (SSSR count). The van der Waals surface area contributed by atoms with Crippen molar-refractivity contribution in [3.8, 4) is 0 Å². The van der Waals surface area contributed by atoms with Crippen molar-refractivity contribution in [1.82, 2.24) is 0 Å². The summed E-state index contributed by atoms with van der Waals surface area (Å²) >= 11 is 0. The van der Waals surface area contributed by atoms with Crippen LogP contribution in [0.15, 0.2) is 37.5 Å². The van der Waals surface area contributed by atoms with E-state index >= 15 is 0 Å². The van der Waals surface area contributed by atoms with Crippen LogP contribution in [0.25, 0.3) is 0 Å². The third-order valence-corrected chi connectivity index (χ3v) is 1.94. The van der Waals surface area contributed by atoms with Gasteiger partial charge in [0.1, 0.15) is 0 Å². The van der Waals surface area contributed by atoms with Gasteiger partial charge in [-0.1, -0.05) is 26.7 Å². The van der Waals surface area contributed by atoms with Crippen LogP contribution in [0, 0.1) is 5.92 Å². The fourth-order valence-corrected chi connectivity index (χ4v) is 0.621. The van der Waals surface area contributed by atoms with Gasteiger partial charge in [-0.05, 0) is 25.0 Å². The van der Waals surface area contributed by atoms with Gasteiger partial charge in [-0.25, -0.2) is 4.79 Å². The fourth-order valence-electron chi connectivity index (χ4n) is 0.621. The van der Waals surface area contributed by atoms with Gasteiger partial charge >= 0.3 is 49.7 Å². The minimum Gasteiger partial charge on any atom is -0.545 e. The van der Waals surface area contributed by atoms with Crippen molar-refractivity contribution in [3.05, 3.63) is 37.5 Å². The Hall–Kier alpha value is -1.64. The van der Waals surface area contributed by atoms with E-state index < -0.39 is 29.8 Å². The van der Waals surface area contributed by atoms with Gasteiger partial charge < -0.3 is 30.0 Å². The van der Waals surface area contributed by atoms with Crippen molar-refractivity contribution in [2.45, 2.75) is 19.8 Å². The second-order valence-electron chi connectivity index (χ2n) is 3.73. The molecule has 23 heavy (non-hydrogen) atoms. The predicted octanol–water partition coefficient (Wildman–Crippen LogP) is -1.41. The summed E-state index contributed by atoms with van der Waals surface area (Å²) in [7, 11) is 0. The smallest absolute Gasteiger partial charge is 0.545 e. The first kappa shape index (κ1) is 29.4. The third-order valence-electron chi connectivity index (χ3n) is 1.94. The maximum Gasteiger partial charge on any atom is 2.00 e. The van der Waals surface area contributed by atoms with Gasteiger partial charge in [0.25, 0.3) is 0 Å². The van der Waals surface area contributed by atoms with Crippen molar-refractivity contribution in [2.75, 3.05) is 0 Å². The van der Waals surface area contributed by atoms with Gasteiger partial charge in [-0.15, -0.1) is 0 Å². The molecular formula is C14H18CaO8. The molecule has 0 heterocycles. The molecular weight excluding hydrogens is 336 g/mol. The molecule has 0 amide bonds. The molecule has 0 saturated carbocycles. The van der Waals surface area contributed by atoms with E-state index in [1.807, 2.05) is 0 Å². The minimum atomic E-state index is -1.23. The summed E-state index contributed by atoms with van der Waals surface area (Å²) in [6.07, 6.45) is 1.99. The van der Waals surface area contributed by atoms with Crippen LogP contribution < -0.4 is 10.2 Å². The molecule has 0 aromatic carbocycles. The van der Waals surface area contributed by atoms with Crippen LogP contribution in [-0.4, -0.2) is 71.8 Å². The molecule has 2 N–H and O–H groups in total. The zero-order valence-corrected chi connectivity index (χ0v) is 15.0. The Kier molecular flexibility index (Phi) is 23.5. The molecule has 0 spiro atoms. The number of hydrogen-bond acceptors (Lipinski definition) is 6. The quantitative estimate of drug-likeness (QED) is 0.417. The third kappa shape index (κ3) is 29.1. The number of carboxylic acids is 4. The molecule has 1 unspecified atom stereocenters. The van der Waals surface area contributed by atoms with Gasteiger partial charge in [-0.3, -0.25) is 4.79 Å². The van der Waals surface area contributed by atoms with Crippen LogP contribution in [0.2, 0.25) is 0 Å². The van der Waals surface area contributed by atoms with Crippen LogP contribution in [0.5, 0.6) is 0 Å². The molecule has 1 atom stereocenters. The zero-order chi connectivity index (χ0) is 18.3. The van der Waals surface area contributed by atoms with E-state index in [1.54, 1.807) is 0 Å². The predicted molar refractivity (Wildman–Crippen MR) is 79.0 cm³/mol. The van der Waals surface area contributed by atoms with E-state index in [0.29, 0.717) is 6.42 Å². The Morgan fingerprint density at radius 3 is 1.52 bits per heavy atom. The number of aliphatic carboxylic acids is 4. The van der Waals surface area contributed by atoms with E-state index in [2.05, 4.69) is 19.7 Å². The van der Waals surface area contributed by atoms with Crippen molar-refractivity contribution in [2.24, 2.45) is 5.92 Å². The summed E-state index contributed by atoms with van der Waals surface area (Å²) in [5.74, 6) is -4.95. The van der Waals surface area contributed by atoms with Crippen LogP contribution >= 0.6 is 0 Å². The number of hydrogen-bond donors (Lipinski definition) is 2. The SMILES string of the molecule is C=C(CCC(C)C(=O)O)C(=O)O.C=CC(=O)[O-].C=CC(=O)[O-].[Ca+2]. The number of carbonyl (C=O) groups excluding carboxylic acids is 2. The van der Waals surface area contributed by atoms with Gasteiger partial charge in [0, 0.05) is 5.57 Å². The van der Waals surface area contributed by atoms with E-state index in [1.165, 1.54) is 6.92 Å². The first-order valence-corrected chi connectivity index (χ1v) is 5.80. The van der Waals surface area contributed by atoms with Crippen molar-refractivity contribution in [1.29, 1.82) is 0 Å². The Balaban J connectivity index is -0.000000137. The van der Waals surface area contributed by atoms with Crippen LogP contribution in [-0.2, 0) is 19.2 Å². The first-order valence-electron chi connectivity index (χ1n) is 5.80. The number of carbonyl (C=O) groups is 4. The standard InChI is InChI=1S/C8H12O4.2C3H4O2.Ca/c1-5(7(9)10)3-4-6(2)8(11)12;2*1-2-3(4)5;/h6H,1,3-4H2,2H3,(H,9,10)(H,11,12);2*2H,1H2,(H,4,5);/q;;;+2/p-2. The summed E-state index contributed by atoms with van der Waals surface area (Å²) < 4.78 is 0. The maximum absolute atomic E-state index is 10.3. The largest absolute Gasteiger partial charge is 2.00 e. The van der Waals surface area contributed by atoms with E-state index in [0.717, 1.165) is 12.2 Å². The minimum absolute atomic E-state index is 0. The molecule has 0 aliphatic carbocycles. The normalized spacial score (nSPS) is 9.09. The molecule has 9 heteroatoms. The Labute approximate surface area is 163 Å². The van der Waals surface area contributed by atoms with Gasteiger partial charge in [0.05, 0.1) is 17.9 Å².